The van der Waals surface area contributed by atoms with Gasteiger partial charge in [-0.2, -0.15) is 4.31 Å². The Labute approximate surface area is 210 Å². The fourth-order valence-electron chi connectivity index (χ4n) is 3.72. The Morgan fingerprint density at radius 1 is 1.11 bits per heavy atom. The molecule has 0 fully saturated rings. The summed E-state index contributed by atoms with van der Waals surface area (Å²) >= 11 is 0. The average Bonchev–Trinajstić information content (AvgIpc) is 2.87. The minimum absolute atomic E-state index is 0.0420. The summed E-state index contributed by atoms with van der Waals surface area (Å²) in [6.45, 7) is -0.575. The van der Waals surface area contributed by atoms with Crippen LogP contribution in [0.5, 0.6) is 5.75 Å². The van der Waals surface area contributed by atoms with E-state index in [1.165, 1.54) is 36.3 Å². The fourth-order valence-corrected chi connectivity index (χ4v) is 5.14. The molecule has 1 N–H and O–H groups in total. The van der Waals surface area contributed by atoms with E-state index in [0.717, 1.165) is 9.87 Å². The summed E-state index contributed by atoms with van der Waals surface area (Å²) in [5.41, 5.74) is 0.793. The smallest absolute Gasteiger partial charge is 0.288 e. The number of methoxy groups -OCH3 is 1. The van der Waals surface area contributed by atoms with E-state index in [-0.39, 0.29) is 54.6 Å². The lowest BCUT2D eigenvalue weighted by molar-refractivity contribution is -0.151. The summed E-state index contributed by atoms with van der Waals surface area (Å²) < 4.78 is 57.4. The molecule has 0 bridgehead atoms. The molecule has 36 heavy (non-hydrogen) atoms. The van der Waals surface area contributed by atoms with Crippen molar-refractivity contribution in [2.45, 2.75) is 23.5 Å². The Bertz CT molecular complexity index is 1150. The van der Waals surface area contributed by atoms with E-state index in [2.05, 4.69) is 0 Å². The van der Waals surface area contributed by atoms with Crippen LogP contribution in [0.2, 0.25) is 0 Å². The first-order valence-corrected chi connectivity index (χ1v) is 12.8. The van der Waals surface area contributed by atoms with Gasteiger partial charge >= 0.3 is 0 Å². The van der Waals surface area contributed by atoms with E-state index in [0.29, 0.717) is 12.2 Å². The molecule has 1 aliphatic rings. The average molecular weight is 523 g/mol. The molecule has 0 saturated carbocycles. The van der Waals surface area contributed by atoms with Gasteiger partial charge in [-0.3, -0.25) is 4.79 Å². The first-order valence-electron chi connectivity index (χ1n) is 11.4. The van der Waals surface area contributed by atoms with Gasteiger partial charge in [0.2, 0.25) is 16.3 Å². The lowest BCUT2D eigenvalue weighted by atomic mass is 9.93. The standard InChI is InChI=1S/C25H31FN2O7S/c1-27(2)25(30)23-16-19(18-4-6-20(26)7-5-18)17-24(35-23)34-15-13-28(12-14-29)36(31,32)22-10-8-21(33-3)9-11-22/h4-11,16,19,24,29H,12-15,17H2,1-3H3/t19-,24+/m0/s1. The lowest BCUT2D eigenvalue weighted by Crippen LogP contribution is -2.38. The van der Waals surface area contributed by atoms with Crippen LogP contribution in [0.3, 0.4) is 0 Å². The minimum Gasteiger partial charge on any atom is -0.497 e. The summed E-state index contributed by atoms with van der Waals surface area (Å²) in [5, 5.41) is 9.44. The SMILES string of the molecule is COc1ccc(S(=O)(=O)N(CCO)CCO[C@H]2C[C@@H](c3ccc(F)cc3)C=C(C(=O)N(C)C)O2)cc1. The van der Waals surface area contributed by atoms with Crippen molar-refractivity contribution in [3.8, 4) is 5.75 Å². The normalized spacial score (nSPS) is 17.9. The van der Waals surface area contributed by atoms with Crippen molar-refractivity contribution >= 4 is 15.9 Å². The molecular weight excluding hydrogens is 491 g/mol. The number of rotatable bonds is 11. The van der Waals surface area contributed by atoms with E-state index in [4.69, 9.17) is 14.2 Å². The highest BCUT2D eigenvalue weighted by Gasteiger charge is 2.30. The third-order valence-corrected chi connectivity index (χ3v) is 7.58. The number of nitrogens with zero attached hydrogens (tertiary/aromatic N) is 2. The molecular formula is C25H31FN2O7S. The lowest BCUT2D eigenvalue weighted by Gasteiger charge is -2.31. The highest BCUT2D eigenvalue weighted by Crippen LogP contribution is 2.32. The van der Waals surface area contributed by atoms with Crippen LogP contribution in [0.15, 0.2) is 65.3 Å². The van der Waals surface area contributed by atoms with Crippen LogP contribution in [0.1, 0.15) is 17.9 Å². The summed E-state index contributed by atoms with van der Waals surface area (Å²) in [5.74, 6) is -0.357. The molecule has 0 aliphatic carbocycles. The molecule has 1 heterocycles. The monoisotopic (exact) mass is 522 g/mol. The minimum atomic E-state index is -3.90. The first-order chi connectivity index (χ1) is 17.1. The molecule has 2 aromatic carbocycles. The van der Waals surface area contributed by atoms with Crippen molar-refractivity contribution in [2.75, 3.05) is 47.5 Å². The fraction of sp³-hybridized carbons (Fsp3) is 0.400. The zero-order valence-electron chi connectivity index (χ0n) is 20.5. The van der Waals surface area contributed by atoms with E-state index in [1.54, 1.807) is 44.4 Å². The molecule has 0 aromatic heterocycles. The molecule has 0 radical (unpaired) electrons. The Hall–Kier alpha value is -2.99. The highest BCUT2D eigenvalue weighted by molar-refractivity contribution is 7.89. The number of halogens is 1. The highest BCUT2D eigenvalue weighted by atomic mass is 32.2. The quantitative estimate of drug-likeness (QED) is 0.483. The van der Waals surface area contributed by atoms with Crippen molar-refractivity contribution in [1.29, 1.82) is 0 Å². The van der Waals surface area contributed by atoms with Crippen molar-refractivity contribution in [2.24, 2.45) is 0 Å². The second-order valence-corrected chi connectivity index (χ2v) is 10.3. The summed E-state index contributed by atoms with van der Waals surface area (Å²) in [6, 6.07) is 11.9. The number of aliphatic hydroxyl groups is 1. The predicted octanol–water partition coefficient (Wildman–Crippen LogP) is 2.34. The van der Waals surface area contributed by atoms with Crippen molar-refractivity contribution in [3.63, 3.8) is 0 Å². The largest absolute Gasteiger partial charge is 0.497 e. The van der Waals surface area contributed by atoms with Gasteiger partial charge in [0.1, 0.15) is 11.6 Å². The van der Waals surface area contributed by atoms with E-state index in [1.807, 2.05) is 0 Å². The Kier molecular flexibility index (Phi) is 9.43. The zero-order valence-corrected chi connectivity index (χ0v) is 21.3. The number of sulfonamides is 1. The van der Waals surface area contributed by atoms with Crippen LogP contribution in [-0.4, -0.2) is 82.4 Å². The molecule has 0 spiro atoms. The number of aliphatic hydroxyl groups excluding tert-OH is 1. The molecule has 3 rings (SSSR count). The summed E-state index contributed by atoms with van der Waals surface area (Å²) in [6.07, 6.45) is 1.20. The van der Waals surface area contributed by atoms with Crippen molar-refractivity contribution in [3.05, 3.63) is 71.7 Å². The molecule has 2 aromatic rings. The Balaban J connectivity index is 1.71. The second kappa shape index (κ2) is 12.3. The Morgan fingerprint density at radius 3 is 2.36 bits per heavy atom. The molecule has 0 unspecified atom stereocenters. The molecule has 11 heteroatoms. The Morgan fingerprint density at radius 2 is 1.78 bits per heavy atom. The van der Waals surface area contributed by atoms with Crippen LogP contribution >= 0.6 is 0 Å². The number of carbonyl (C=O) groups is 1. The van der Waals surface area contributed by atoms with Crippen LogP contribution in [0.4, 0.5) is 4.39 Å². The maximum Gasteiger partial charge on any atom is 0.288 e. The number of hydrogen-bond donors (Lipinski definition) is 1. The number of likely N-dealkylation sites (N-methyl/N-ethyl adjacent to an activating group) is 1. The predicted molar refractivity (Wildman–Crippen MR) is 130 cm³/mol. The van der Waals surface area contributed by atoms with Gasteiger partial charge in [0, 0.05) is 39.5 Å². The second-order valence-electron chi connectivity index (χ2n) is 8.35. The van der Waals surface area contributed by atoms with E-state index in [9.17, 15) is 22.7 Å². The maximum atomic E-state index is 13.4. The van der Waals surface area contributed by atoms with E-state index >= 15 is 0 Å². The molecule has 2 atom stereocenters. The molecule has 196 valence electrons. The van der Waals surface area contributed by atoms with Crippen LogP contribution < -0.4 is 4.74 Å². The number of carbonyl (C=O) groups excluding carboxylic acids is 1. The first kappa shape index (κ1) is 27.6. The third kappa shape index (κ3) is 6.82. The zero-order chi connectivity index (χ0) is 26.3. The van der Waals surface area contributed by atoms with Gasteiger partial charge in [-0.25, -0.2) is 12.8 Å². The van der Waals surface area contributed by atoms with Gasteiger partial charge in [-0.1, -0.05) is 12.1 Å². The van der Waals surface area contributed by atoms with Gasteiger partial charge < -0.3 is 24.2 Å². The van der Waals surface area contributed by atoms with E-state index < -0.39 is 16.3 Å². The topological polar surface area (TPSA) is 106 Å². The van der Waals surface area contributed by atoms with Gasteiger partial charge in [-0.05, 0) is 48.0 Å². The third-order valence-electron chi connectivity index (χ3n) is 5.66. The maximum absolute atomic E-state index is 13.4. The van der Waals surface area contributed by atoms with Crippen molar-refractivity contribution < 1.29 is 36.9 Å². The number of allylic oxidation sites excluding steroid dienone is 1. The number of ether oxygens (including phenoxy) is 3. The van der Waals surface area contributed by atoms with Crippen LogP contribution in [0, 0.1) is 5.82 Å². The molecule has 1 aliphatic heterocycles. The van der Waals surface area contributed by atoms with Gasteiger partial charge in [0.15, 0.2) is 5.76 Å². The molecule has 1 amide bonds. The number of benzene rings is 2. The molecule has 9 nitrogen and oxygen atoms in total. The van der Waals surface area contributed by atoms with Gasteiger partial charge in [0.05, 0.1) is 25.2 Å². The molecule has 0 saturated heterocycles. The van der Waals surface area contributed by atoms with Gasteiger partial charge in [0.25, 0.3) is 5.91 Å². The number of amides is 1. The number of hydrogen-bond acceptors (Lipinski definition) is 7. The van der Waals surface area contributed by atoms with Crippen molar-refractivity contribution in [1.82, 2.24) is 9.21 Å². The summed E-state index contributed by atoms with van der Waals surface area (Å²) in [7, 11) is 0.786. The van der Waals surface area contributed by atoms with Crippen LogP contribution in [-0.2, 0) is 24.3 Å². The summed E-state index contributed by atoms with van der Waals surface area (Å²) in [4.78, 5) is 14.0. The van der Waals surface area contributed by atoms with Crippen LogP contribution in [0.25, 0.3) is 0 Å². The van der Waals surface area contributed by atoms with Gasteiger partial charge in [-0.15, -0.1) is 0 Å².